The van der Waals surface area contributed by atoms with E-state index in [4.69, 9.17) is 16.2 Å². The molecular weight excluding hydrogens is 260 g/mol. The molecule has 110 valence electrons. The number of nitrogens with two attached hydrogens (primary N) is 2. The Morgan fingerprint density at radius 3 is 2.65 bits per heavy atom. The molecule has 20 heavy (non-hydrogen) atoms. The molecule has 1 aliphatic heterocycles. The molecule has 1 aromatic rings. The van der Waals surface area contributed by atoms with Crippen molar-refractivity contribution < 1.29 is 9.53 Å². The number of piperidine rings is 1. The van der Waals surface area contributed by atoms with Gasteiger partial charge in [-0.05, 0) is 19.3 Å². The minimum absolute atomic E-state index is 0.0683. The number of aromatic nitrogens is 3. The van der Waals surface area contributed by atoms with Crippen LogP contribution in [0.25, 0.3) is 0 Å². The molecule has 1 aliphatic rings. The van der Waals surface area contributed by atoms with E-state index in [0.717, 1.165) is 6.42 Å². The summed E-state index contributed by atoms with van der Waals surface area (Å²) < 4.78 is 5.38. The number of hydrogen-bond acceptors (Lipinski definition) is 7. The summed E-state index contributed by atoms with van der Waals surface area (Å²) in [6.07, 6.45) is 2.27. The van der Waals surface area contributed by atoms with Gasteiger partial charge in [-0.25, -0.2) is 0 Å². The average Bonchev–Trinajstić information content (AvgIpc) is 2.44. The first-order valence-electron chi connectivity index (χ1n) is 6.78. The van der Waals surface area contributed by atoms with Gasteiger partial charge in [0.25, 0.3) is 0 Å². The van der Waals surface area contributed by atoms with Crippen molar-refractivity contribution in [3.63, 3.8) is 0 Å². The number of amides is 1. The minimum Gasteiger partial charge on any atom is -0.463 e. The van der Waals surface area contributed by atoms with Crippen molar-refractivity contribution >= 4 is 17.8 Å². The maximum absolute atomic E-state index is 11.1. The Morgan fingerprint density at radius 2 is 2.05 bits per heavy atom. The van der Waals surface area contributed by atoms with Crippen LogP contribution in [-0.4, -0.2) is 40.6 Å². The summed E-state index contributed by atoms with van der Waals surface area (Å²) in [7, 11) is 0. The van der Waals surface area contributed by atoms with Crippen molar-refractivity contribution in [1.29, 1.82) is 0 Å². The highest BCUT2D eigenvalue weighted by Crippen LogP contribution is 2.21. The fourth-order valence-electron chi connectivity index (χ4n) is 2.12. The van der Waals surface area contributed by atoms with Crippen molar-refractivity contribution in [2.24, 2.45) is 11.7 Å². The molecule has 0 aliphatic carbocycles. The molecule has 0 unspecified atom stereocenters. The lowest BCUT2D eigenvalue weighted by atomic mass is 9.96. The summed E-state index contributed by atoms with van der Waals surface area (Å²) in [5, 5.41) is 0. The fourth-order valence-corrected chi connectivity index (χ4v) is 2.12. The van der Waals surface area contributed by atoms with E-state index in [1.54, 1.807) is 0 Å². The van der Waals surface area contributed by atoms with E-state index < -0.39 is 0 Å². The zero-order valence-corrected chi connectivity index (χ0v) is 11.6. The summed E-state index contributed by atoms with van der Waals surface area (Å²) in [5.74, 6) is 0.317. The number of carbonyl (C=O) groups is 1. The van der Waals surface area contributed by atoms with Gasteiger partial charge in [-0.15, -0.1) is 0 Å². The van der Waals surface area contributed by atoms with Gasteiger partial charge in [-0.3, -0.25) is 4.79 Å². The Labute approximate surface area is 117 Å². The Kier molecular flexibility index (Phi) is 4.54. The highest BCUT2D eigenvalue weighted by Gasteiger charge is 2.25. The lowest BCUT2D eigenvalue weighted by Crippen LogP contribution is -2.39. The summed E-state index contributed by atoms with van der Waals surface area (Å²) >= 11 is 0. The lowest BCUT2D eigenvalue weighted by Gasteiger charge is -2.30. The van der Waals surface area contributed by atoms with Crippen LogP contribution < -0.4 is 21.1 Å². The van der Waals surface area contributed by atoms with Crippen LogP contribution in [0, 0.1) is 5.92 Å². The highest BCUT2D eigenvalue weighted by atomic mass is 16.5. The molecule has 2 heterocycles. The number of carbonyl (C=O) groups excluding carboxylic acids is 1. The molecular formula is C12H20N6O2. The molecule has 8 heteroatoms. The largest absolute Gasteiger partial charge is 0.463 e. The molecule has 0 bridgehead atoms. The topological polar surface area (TPSA) is 120 Å². The van der Waals surface area contributed by atoms with Crippen molar-refractivity contribution in [1.82, 2.24) is 15.0 Å². The molecule has 1 aromatic heterocycles. The smallest absolute Gasteiger partial charge is 0.323 e. The van der Waals surface area contributed by atoms with Crippen LogP contribution in [0.4, 0.5) is 11.9 Å². The van der Waals surface area contributed by atoms with Gasteiger partial charge in [0.15, 0.2) is 0 Å². The first-order valence-corrected chi connectivity index (χ1v) is 6.78. The van der Waals surface area contributed by atoms with Gasteiger partial charge < -0.3 is 21.1 Å². The first-order chi connectivity index (χ1) is 9.60. The third-order valence-electron chi connectivity index (χ3n) is 3.24. The van der Waals surface area contributed by atoms with Crippen LogP contribution in [0.5, 0.6) is 6.01 Å². The summed E-state index contributed by atoms with van der Waals surface area (Å²) in [4.78, 5) is 25.4. The van der Waals surface area contributed by atoms with Crippen LogP contribution in [0.2, 0.25) is 0 Å². The maximum atomic E-state index is 11.1. The normalized spacial score (nSPS) is 16.1. The van der Waals surface area contributed by atoms with E-state index in [9.17, 15) is 4.79 Å². The van der Waals surface area contributed by atoms with Crippen molar-refractivity contribution in [2.45, 2.75) is 26.2 Å². The SMILES string of the molecule is CCCOc1nc(N)nc(N2CCC(C(N)=O)CC2)n1. The first kappa shape index (κ1) is 14.3. The van der Waals surface area contributed by atoms with E-state index in [-0.39, 0.29) is 23.8 Å². The van der Waals surface area contributed by atoms with Crippen molar-refractivity contribution in [2.75, 3.05) is 30.3 Å². The number of anilines is 2. The summed E-state index contributed by atoms with van der Waals surface area (Å²) in [6.45, 7) is 3.88. The van der Waals surface area contributed by atoms with Gasteiger partial charge in [0.1, 0.15) is 0 Å². The van der Waals surface area contributed by atoms with Crippen molar-refractivity contribution in [3.05, 3.63) is 0 Å². The van der Waals surface area contributed by atoms with Crippen LogP contribution >= 0.6 is 0 Å². The quantitative estimate of drug-likeness (QED) is 0.775. The van der Waals surface area contributed by atoms with Crippen LogP contribution in [0.3, 0.4) is 0 Å². The predicted molar refractivity (Wildman–Crippen MR) is 74.2 cm³/mol. The van der Waals surface area contributed by atoms with Gasteiger partial charge in [0.05, 0.1) is 6.61 Å². The lowest BCUT2D eigenvalue weighted by molar-refractivity contribution is -0.122. The third-order valence-corrected chi connectivity index (χ3v) is 3.24. The molecule has 1 fully saturated rings. The van der Waals surface area contributed by atoms with Crippen LogP contribution in [0.1, 0.15) is 26.2 Å². The van der Waals surface area contributed by atoms with E-state index >= 15 is 0 Å². The predicted octanol–water partition coefficient (Wildman–Crippen LogP) is -0.0557. The Bertz CT molecular complexity index is 473. The zero-order valence-electron chi connectivity index (χ0n) is 11.6. The molecule has 0 spiro atoms. The molecule has 0 saturated carbocycles. The molecule has 2 rings (SSSR count). The number of nitrogens with zero attached hydrogens (tertiary/aromatic N) is 4. The number of nitrogen functional groups attached to an aromatic ring is 1. The molecule has 0 radical (unpaired) electrons. The molecule has 1 saturated heterocycles. The molecule has 0 atom stereocenters. The molecule has 0 aromatic carbocycles. The Morgan fingerprint density at radius 1 is 1.35 bits per heavy atom. The van der Waals surface area contributed by atoms with E-state index in [0.29, 0.717) is 38.5 Å². The Balaban J connectivity index is 2.05. The zero-order chi connectivity index (χ0) is 14.5. The second-order valence-electron chi connectivity index (χ2n) is 4.79. The van der Waals surface area contributed by atoms with Gasteiger partial charge in [-0.1, -0.05) is 6.92 Å². The van der Waals surface area contributed by atoms with Gasteiger partial charge in [-0.2, -0.15) is 15.0 Å². The molecule has 4 N–H and O–H groups in total. The van der Waals surface area contributed by atoms with Gasteiger partial charge >= 0.3 is 6.01 Å². The molecule has 1 amide bonds. The fraction of sp³-hybridized carbons (Fsp3) is 0.667. The third kappa shape index (κ3) is 3.46. The second kappa shape index (κ2) is 6.36. The number of hydrogen-bond donors (Lipinski definition) is 2. The monoisotopic (exact) mass is 280 g/mol. The Hall–Kier alpha value is -2.12. The second-order valence-corrected chi connectivity index (χ2v) is 4.79. The highest BCUT2D eigenvalue weighted by molar-refractivity contribution is 5.76. The van der Waals surface area contributed by atoms with Crippen LogP contribution in [0.15, 0.2) is 0 Å². The number of ether oxygens (including phenoxy) is 1. The summed E-state index contributed by atoms with van der Waals surface area (Å²) in [6, 6.07) is 0.242. The van der Waals surface area contributed by atoms with Gasteiger partial charge in [0.2, 0.25) is 17.8 Å². The summed E-state index contributed by atoms with van der Waals surface area (Å²) in [5.41, 5.74) is 11.0. The standard InChI is InChI=1S/C12H20N6O2/c1-2-7-20-12-16-10(14)15-11(17-12)18-5-3-8(4-6-18)9(13)19/h8H,2-7H2,1H3,(H2,13,19)(H2,14,15,16,17). The van der Waals surface area contributed by atoms with Gasteiger partial charge in [0, 0.05) is 19.0 Å². The van der Waals surface area contributed by atoms with Crippen molar-refractivity contribution in [3.8, 4) is 6.01 Å². The van der Waals surface area contributed by atoms with E-state index in [1.807, 2.05) is 11.8 Å². The molecule has 8 nitrogen and oxygen atoms in total. The van der Waals surface area contributed by atoms with E-state index in [2.05, 4.69) is 15.0 Å². The maximum Gasteiger partial charge on any atom is 0.323 e. The minimum atomic E-state index is -0.244. The average molecular weight is 280 g/mol. The number of rotatable bonds is 5. The number of primary amides is 1. The van der Waals surface area contributed by atoms with E-state index in [1.165, 1.54) is 0 Å². The van der Waals surface area contributed by atoms with Crippen LogP contribution in [-0.2, 0) is 4.79 Å².